The smallest absolute Gasteiger partial charge is 0.270 e. The van der Waals surface area contributed by atoms with Crippen LogP contribution in [0.5, 0.6) is 5.75 Å². The minimum atomic E-state index is -0.314. The number of rotatable bonds is 6. The third kappa shape index (κ3) is 5.23. The average Bonchev–Trinajstić information content (AvgIpc) is 3.23. The second-order valence-corrected chi connectivity index (χ2v) is 7.44. The summed E-state index contributed by atoms with van der Waals surface area (Å²) in [5, 5.41) is 2.80. The van der Waals surface area contributed by atoms with Crippen molar-refractivity contribution in [1.29, 1.82) is 0 Å². The van der Waals surface area contributed by atoms with E-state index in [1.165, 1.54) is 0 Å². The van der Waals surface area contributed by atoms with Gasteiger partial charge in [0.1, 0.15) is 11.4 Å². The molecule has 28 heavy (non-hydrogen) atoms. The maximum Gasteiger partial charge on any atom is 0.270 e. The summed E-state index contributed by atoms with van der Waals surface area (Å²) in [5.74, 6) is 0.297. The Bertz CT molecular complexity index is 872. The van der Waals surface area contributed by atoms with Crippen LogP contribution in [-0.4, -0.2) is 36.4 Å². The first-order valence-electron chi connectivity index (χ1n) is 9.37. The van der Waals surface area contributed by atoms with Crippen molar-refractivity contribution in [3.8, 4) is 5.75 Å². The van der Waals surface area contributed by atoms with E-state index < -0.39 is 0 Å². The van der Waals surface area contributed by atoms with E-state index in [4.69, 9.17) is 4.74 Å². The zero-order chi connectivity index (χ0) is 19.9. The van der Waals surface area contributed by atoms with Crippen LogP contribution in [0.25, 0.3) is 6.08 Å². The molecule has 0 unspecified atom stereocenters. The second kappa shape index (κ2) is 9.55. The topological polar surface area (TPSA) is 58.6 Å². The number of ether oxygens (including phenoxy) is 1. The largest absolute Gasteiger partial charge is 0.494 e. The summed E-state index contributed by atoms with van der Waals surface area (Å²) in [4.78, 5) is 27.4. The van der Waals surface area contributed by atoms with Gasteiger partial charge in [-0.05, 0) is 61.7 Å². The lowest BCUT2D eigenvalue weighted by Crippen LogP contribution is -2.36. The number of likely N-dealkylation sites (tertiary alicyclic amines) is 1. The molecule has 0 atom stereocenters. The molecule has 146 valence electrons. The van der Waals surface area contributed by atoms with Gasteiger partial charge in [0.25, 0.3) is 11.8 Å². The molecule has 1 saturated heterocycles. The summed E-state index contributed by atoms with van der Waals surface area (Å²) in [6, 6.07) is 14.5. The predicted molar refractivity (Wildman–Crippen MR) is 113 cm³/mol. The van der Waals surface area contributed by atoms with Crippen LogP contribution in [0.1, 0.15) is 35.7 Å². The highest BCUT2D eigenvalue weighted by Crippen LogP contribution is 2.18. The Morgan fingerprint density at radius 3 is 2.50 bits per heavy atom. The van der Waals surface area contributed by atoms with Crippen LogP contribution in [0, 0.1) is 0 Å². The molecule has 2 aromatic carbocycles. The summed E-state index contributed by atoms with van der Waals surface area (Å²) in [6.07, 6.45) is 3.69. The lowest BCUT2D eigenvalue weighted by molar-refractivity contribution is -0.126. The number of nitrogens with zero attached hydrogens (tertiary/aromatic N) is 1. The lowest BCUT2D eigenvalue weighted by atomic mass is 10.1. The van der Waals surface area contributed by atoms with Gasteiger partial charge >= 0.3 is 0 Å². The van der Waals surface area contributed by atoms with Gasteiger partial charge in [0.2, 0.25) is 0 Å². The highest BCUT2D eigenvalue weighted by atomic mass is 79.9. The highest BCUT2D eigenvalue weighted by molar-refractivity contribution is 9.10. The third-order valence-corrected chi connectivity index (χ3v) is 4.95. The van der Waals surface area contributed by atoms with Crippen LogP contribution in [0.4, 0.5) is 0 Å². The van der Waals surface area contributed by atoms with Gasteiger partial charge in [-0.2, -0.15) is 0 Å². The molecule has 5 nitrogen and oxygen atoms in total. The fourth-order valence-corrected chi connectivity index (χ4v) is 3.46. The van der Waals surface area contributed by atoms with E-state index >= 15 is 0 Å². The first kappa shape index (κ1) is 20.1. The summed E-state index contributed by atoms with van der Waals surface area (Å²) in [6.45, 7) is 3.95. The molecule has 1 aliphatic rings. The zero-order valence-electron chi connectivity index (χ0n) is 15.8. The fourth-order valence-electron chi connectivity index (χ4n) is 3.06. The van der Waals surface area contributed by atoms with Crippen LogP contribution in [0.3, 0.4) is 0 Å². The molecule has 0 spiro atoms. The van der Waals surface area contributed by atoms with Gasteiger partial charge in [-0.3, -0.25) is 9.59 Å². The summed E-state index contributed by atoms with van der Waals surface area (Å²) >= 11 is 3.37. The number of halogens is 1. The molecule has 2 amide bonds. The molecule has 1 heterocycles. The molecule has 0 radical (unpaired) electrons. The monoisotopic (exact) mass is 442 g/mol. The van der Waals surface area contributed by atoms with Crippen LogP contribution < -0.4 is 10.1 Å². The van der Waals surface area contributed by atoms with Crippen molar-refractivity contribution < 1.29 is 14.3 Å². The van der Waals surface area contributed by atoms with Crippen molar-refractivity contribution in [2.24, 2.45) is 0 Å². The molecule has 3 rings (SSSR count). The van der Waals surface area contributed by atoms with Crippen molar-refractivity contribution in [1.82, 2.24) is 10.2 Å². The maximum atomic E-state index is 13.0. The van der Waals surface area contributed by atoms with Crippen molar-refractivity contribution >= 4 is 33.8 Å². The van der Waals surface area contributed by atoms with E-state index in [2.05, 4.69) is 21.2 Å². The summed E-state index contributed by atoms with van der Waals surface area (Å²) in [5.41, 5.74) is 1.58. The normalized spacial score (nSPS) is 14.1. The van der Waals surface area contributed by atoms with Gasteiger partial charge in [0, 0.05) is 23.1 Å². The van der Waals surface area contributed by atoms with Gasteiger partial charge in [0.15, 0.2) is 0 Å². The molecule has 0 aliphatic carbocycles. The molecule has 1 aliphatic heterocycles. The van der Waals surface area contributed by atoms with Gasteiger partial charge in [-0.25, -0.2) is 0 Å². The van der Waals surface area contributed by atoms with E-state index in [9.17, 15) is 9.59 Å². The number of carbonyl (C=O) groups is 2. The van der Waals surface area contributed by atoms with Gasteiger partial charge in [-0.1, -0.05) is 34.1 Å². The third-order valence-electron chi connectivity index (χ3n) is 4.46. The number of amides is 2. The van der Waals surface area contributed by atoms with Crippen molar-refractivity contribution in [3.05, 3.63) is 69.8 Å². The molecular formula is C22H23BrN2O3. The number of hydrogen-bond donors (Lipinski definition) is 1. The van der Waals surface area contributed by atoms with Crippen molar-refractivity contribution in [2.75, 3.05) is 19.7 Å². The Balaban J connectivity index is 1.85. The minimum Gasteiger partial charge on any atom is -0.494 e. The fraction of sp³-hybridized carbons (Fsp3) is 0.273. The predicted octanol–water partition coefficient (Wildman–Crippen LogP) is 4.24. The molecule has 1 N–H and O–H groups in total. The van der Waals surface area contributed by atoms with Crippen LogP contribution in [-0.2, 0) is 4.79 Å². The van der Waals surface area contributed by atoms with E-state index in [1.807, 2.05) is 37.3 Å². The maximum absolute atomic E-state index is 13.0. The zero-order valence-corrected chi connectivity index (χ0v) is 17.4. The number of benzene rings is 2. The second-order valence-electron chi connectivity index (χ2n) is 6.52. The highest BCUT2D eigenvalue weighted by Gasteiger charge is 2.23. The Hall–Kier alpha value is -2.60. The Kier molecular flexibility index (Phi) is 6.87. The van der Waals surface area contributed by atoms with Crippen LogP contribution >= 0.6 is 15.9 Å². The summed E-state index contributed by atoms with van der Waals surface area (Å²) in [7, 11) is 0. The molecule has 2 aromatic rings. The standard InChI is InChI=1S/C22H23BrN2O3/c1-2-28-19-10-8-16(9-11-19)14-20(22(27)25-12-3-4-13-25)24-21(26)17-6-5-7-18(23)15-17/h5-11,14-15H,2-4,12-13H2,1H3,(H,24,26)/b20-14-. The Morgan fingerprint density at radius 2 is 1.86 bits per heavy atom. The first-order chi connectivity index (χ1) is 13.6. The van der Waals surface area contributed by atoms with Crippen molar-refractivity contribution in [2.45, 2.75) is 19.8 Å². The number of carbonyl (C=O) groups excluding carboxylic acids is 2. The number of hydrogen-bond acceptors (Lipinski definition) is 3. The molecule has 1 fully saturated rings. The SMILES string of the molecule is CCOc1ccc(/C=C(\NC(=O)c2cccc(Br)c2)C(=O)N2CCCC2)cc1. The van der Waals surface area contributed by atoms with E-state index in [1.54, 1.807) is 29.2 Å². The quantitative estimate of drug-likeness (QED) is 0.680. The molecule has 6 heteroatoms. The lowest BCUT2D eigenvalue weighted by Gasteiger charge is -2.18. The van der Waals surface area contributed by atoms with Gasteiger partial charge in [-0.15, -0.1) is 0 Å². The van der Waals surface area contributed by atoms with E-state index in [0.717, 1.165) is 28.6 Å². The molecule has 0 bridgehead atoms. The van der Waals surface area contributed by atoms with Gasteiger partial charge in [0.05, 0.1) is 6.61 Å². The first-order valence-corrected chi connectivity index (χ1v) is 10.2. The average molecular weight is 443 g/mol. The number of nitrogens with one attached hydrogen (secondary N) is 1. The minimum absolute atomic E-state index is 0.158. The van der Waals surface area contributed by atoms with Crippen LogP contribution in [0.2, 0.25) is 0 Å². The summed E-state index contributed by atoms with van der Waals surface area (Å²) < 4.78 is 6.27. The Morgan fingerprint density at radius 1 is 1.14 bits per heavy atom. The van der Waals surface area contributed by atoms with E-state index in [-0.39, 0.29) is 17.5 Å². The van der Waals surface area contributed by atoms with Crippen LogP contribution in [0.15, 0.2) is 58.7 Å². The van der Waals surface area contributed by atoms with Gasteiger partial charge < -0.3 is 15.0 Å². The molecular weight excluding hydrogens is 420 g/mol. The van der Waals surface area contributed by atoms with E-state index in [0.29, 0.717) is 25.3 Å². The Labute approximate surface area is 173 Å². The van der Waals surface area contributed by atoms with Crippen molar-refractivity contribution in [3.63, 3.8) is 0 Å². The molecule has 0 aromatic heterocycles. The molecule has 0 saturated carbocycles.